The number of amides is 1. The van der Waals surface area contributed by atoms with Gasteiger partial charge in [0.15, 0.2) is 0 Å². The van der Waals surface area contributed by atoms with Gasteiger partial charge in [-0.15, -0.1) is 0 Å². The van der Waals surface area contributed by atoms with Crippen molar-refractivity contribution in [1.29, 1.82) is 0 Å². The number of nitrogens with zero attached hydrogens (tertiary/aromatic N) is 1. The van der Waals surface area contributed by atoms with Crippen molar-refractivity contribution >= 4 is 11.6 Å². The number of anilines is 1. The minimum absolute atomic E-state index is 0.0143. The fraction of sp³-hybridized carbons (Fsp3) is 0.417. The number of piperidine rings is 1. The van der Waals surface area contributed by atoms with Gasteiger partial charge in [0.2, 0.25) is 0 Å². The maximum atomic E-state index is 12.1. The lowest BCUT2D eigenvalue weighted by Gasteiger charge is -2.29. The van der Waals surface area contributed by atoms with Crippen LogP contribution in [0.25, 0.3) is 0 Å². The van der Waals surface area contributed by atoms with E-state index >= 15 is 0 Å². The van der Waals surface area contributed by atoms with Gasteiger partial charge in [0, 0.05) is 24.3 Å². The topological polar surface area (TPSA) is 78.6 Å². The van der Waals surface area contributed by atoms with E-state index in [0.29, 0.717) is 31.5 Å². The summed E-state index contributed by atoms with van der Waals surface area (Å²) in [7, 11) is 0. The first kappa shape index (κ1) is 11.9. The number of hydrazine groups is 1. The molecule has 0 spiro atoms. The summed E-state index contributed by atoms with van der Waals surface area (Å²) in [5.41, 5.74) is 3.95. The highest BCUT2D eigenvalue weighted by atomic mass is 16.3. The smallest absolute Gasteiger partial charge is 0.253 e. The van der Waals surface area contributed by atoms with Crippen molar-refractivity contribution in [3.63, 3.8) is 0 Å². The van der Waals surface area contributed by atoms with Crippen LogP contribution < -0.4 is 11.3 Å². The van der Waals surface area contributed by atoms with E-state index in [4.69, 9.17) is 5.84 Å². The van der Waals surface area contributed by atoms with Gasteiger partial charge in [0.25, 0.3) is 5.91 Å². The molecule has 5 nitrogen and oxygen atoms in total. The average Bonchev–Trinajstić information content (AvgIpc) is 2.39. The van der Waals surface area contributed by atoms with E-state index in [1.165, 1.54) is 0 Å². The minimum atomic E-state index is -0.261. The van der Waals surface area contributed by atoms with E-state index in [9.17, 15) is 9.90 Å². The van der Waals surface area contributed by atoms with E-state index in [1.54, 1.807) is 29.2 Å². The Morgan fingerprint density at radius 1 is 1.29 bits per heavy atom. The van der Waals surface area contributed by atoms with E-state index < -0.39 is 0 Å². The molecule has 1 fully saturated rings. The number of likely N-dealkylation sites (tertiary alicyclic amines) is 1. The van der Waals surface area contributed by atoms with Crippen LogP contribution in [-0.4, -0.2) is 35.1 Å². The lowest BCUT2D eigenvalue weighted by molar-refractivity contribution is 0.0546. The molecule has 1 aromatic carbocycles. The first-order valence-corrected chi connectivity index (χ1v) is 5.74. The molecular weight excluding hydrogens is 218 g/mol. The van der Waals surface area contributed by atoms with Crippen LogP contribution in [0.2, 0.25) is 0 Å². The summed E-state index contributed by atoms with van der Waals surface area (Å²) in [6, 6.07) is 7.04. The highest BCUT2D eigenvalue weighted by Crippen LogP contribution is 2.15. The summed E-state index contributed by atoms with van der Waals surface area (Å²) < 4.78 is 0. The van der Waals surface area contributed by atoms with Crippen molar-refractivity contribution in [2.45, 2.75) is 18.9 Å². The van der Waals surface area contributed by atoms with Crippen molar-refractivity contribution in [1.82, 2.24) is 4.90 Å². The van der Waals surface area contributed by atoms with E-state index in [1.807, 2.05) is 0 Å². The maximum Gasteiger partial charge on any atom is 0.253 e. The molecule has 0 bridgehead atoms. The second kappa shape index (κ2) is 5.16. The first-order valence-electron chi connectivity index (χ1n) is 5.74. The molecule has 1 aliphatic rings. The van der Waals surface area contributed by atoms with Gasteiger partial charge in [0.05, 0.1) is 6.10 Å². The molecule has 1 aliphatic heterocycles. The molecule has 0 atom stereocenters. The van der Waals surface area contributed by atoms with Gasteiger partial charge in [-0.2, -0.15) is 0 Å². The van der Waals surface area contributed by atoms with Crippen molar-refractivity contribution in [2.24, 2.45) is 5.84 Å². The molecule has 0 unspecified atom stereocenters. The Labute approximate surface area is 100 Å². The van der Waals surface area contributed by atoms with Gasteiger partial charge in [-0.1, -0.05) is 0 Å². The molecule has 1 aromatic rings. The quantitative estimate of drug-likeness (QED) is 0.517. The molecule has 1 heterocycles. The van der Waals surface area contributed by atoms with Gasteiger partial charge in [-0.05, 0) is 37.1 Å². The predicted molar refractivity (Wildman–Crippen MR) is 65.4 cm³/mol. The summed E-state index contributed by atoms with van der Waals surface area (Å²) in [4.78, 5) is 13.9. The number of benzene rings is 1. The Hall–Kier alpha value is -1.59. The highest BCUT2D eigenvalue weighted by Gasteiger charge is 2.21. The normalized spacial score (nSPS) is 16.9. The molecule has 0 radical (unpaired) electrons. The number of nitrogens with one attached hydrogen (secondary N) is 1. The molecule has 4 N–H and O–H groups in total. The van der Waals surface area contributed by atoms with Crippen molar-refractivity contribution in [3.05, 3.63) is 29.8 Å². The Morgan fingerprint density at radius 3 is 2.41 bits per heavy atom. The van der Waals surface area contributed by atoms with Crippen molar-refractivity contribution in [3.8, 4) is 0 Å². The number of hydrogen-bond acceptors (Lipinski definition) is 4. The third-order valence-corrected chi connectivity index (χ3v) is 3.05. The van der Waals surface area contributed by atoms with Gasteiger partial charge < -0.3 is 15.4 Å². The molecule has 5 heteroatoms. The zero-order chi connectivity index (χ0) is 12.3. The Kier molecular flexibility index (Phi) is 3.61. The van der Waals surface area contributed by atoms with Gasteiger partial charge in [0.1, 0.15) is 0 Å². The molecule has 0 aromatic heterocycles. The van der Waals surface area contributed by atoms with Gasteiger partial charge in [-0.3, -0.25) is 10.6 Å². The first-order chi connectivity index (χ1) is 8.20. The Bertz CT molecular complexity index is 383. The van der Waals surface area contributed by atoms with E-state index in [-0.39, 0.29) is 12.0 Å². The highest BCUT2D eigenvalue weighted by molar-refractivity contribution is 5.94. The SMILES string of the molecule is NNc1ccc(C(=O)N2CCC(O)CC2)cc1. The molecule has 17 heavy (non-hydrogen) atoms. The second-order valence-electron chi connectivity index (χ2n) is 4.25. The molecule has 1 amide bonds. The summed E-state index contributed by atoms with van der Waals surface area (Å²) in [5, 5.41) is 9.39. The molecule has 1 saturated heterocycles. The van der Waals surface area contributed by atoms with E-state index in [0.717, 1.165) is 5.69 Å². The number of nitrogens with two attached hydrogens (primary N) is 1. The average molecular weight is 235 g/mol. The fourth-order valence-corrected chi connectivity index (χ4v) is 1.96. The number of aliphatic hydroxyl groups excluding tert-OH is 1. The Morgan fingerprint density at radius 2 is 1.88 bits per heavy atom. The minimum Gasteiger partial charge on any atom is -0.393 e. The molecular formula is C12H17N3O2. The van der Waals surface area contributed by atoms with Crippen LogP contribution in [0.15, 0.2) is 24.3 Å². The molecule has 0 aliphatic carbocycles. The second-order valence-corrected chi connectivity index (χ2v) is 4.25. The number of hydrogen-bond donors (Lipinski definition) is 3. The fourth-order valence-electron chi connectivity index (χ4n) is 1.96. The van der Waals surface area contributed by atoms with Crippen molar-refractivity contribution in [2.75, 3.05) is 18.5 Å². The number of rotatable bonds is 2. The largest absolute Gasteiger partial charge is 0.393 e. The standard InChI is InChI=1S/C12H17N3O2/c13-14-10-3-1-9(2-4-10)12(17)15-7-5-11(16)6-8-15/h1-4,11,14,16H,5-8,13H2. The lowest BCUT2D eigenvalue weighted by Crippen LogP contribution is -2.40. The monoisotopic (exact) mass is 235 g/mol. The number of carbonyl (C=O) groups excluding carboxylic acids is 1. The third-order valence-electron chi connectivity index (χ3n) is 3.05. The lowest BCUT2D eigenvalue weighted by atomic mass is 10.1. The van der Waals surface area contributed by atoms with Crippen LogP contribution in [0.4, 0.5) is 5.69 Å². The van der Waals surface area contributed by atoms with E-state index in [2.05, 4.69) is 5.43 Å². The molecule has 0 saturated carbocycles. The number of aliphatic hydroxyl groups is 1. The van der Waals surface area contributed by atoms with Crippen LogP contribution in [0.5, 0.6) is 0 Å². The zero-order valence-electron chi connectivity index (χ0n) is 9.60. The van der Waals surface area contributed by atoms with Gasteiger partial charge >= 0.3 is 0 Å². The Balaban J connectivity index is 2.03. The van der Waals surface area contributed by atoms with Crippen LogP contribution in [0, 0.1) is 0 Å². The number of nitrogen functional groups attached to an aromatic ring is 1. The number of carbonyl (C=O) groups is 1. The van der Waals surface area contributed by atoms with Crippen LogP contribution in [0.3, 0.4) is 0 Å². The van der Waals surface area contributed by atoms with Crippen molar-refractivity contribution < 1.29 is 9.90 Å². The summed E-state index contributed by atoms with van der Waals surface area (Å²) in [5.74, 6) is 5.28. The van der Waals surface area contributed by atoms with Gasteiger partial charge in [-0.25, -0.2) is 0 Å². The van der Waals surface area contributed by atoms with Crippen LogP contribution in [-0.2, 0) is 0 Å². The van der Waals surface area contributed by atoms with Crippen LogP contribution in [0.1, 0.15) is 23.2 Å². The zero-order valence-corrected chi connectivity index (χ0v) is 9.60. The molecule has 92 valence electrons. The summed E-state index contributed by atoms with van der Waals surface area (Å²) >= 11 is 0. The molecule has 2 rings (SSSR count). The van der Waals surface area contributed by atoms with Crippen LogP contribution >= 0.6 is 0 Å². The maximum absolute atomic E-state index is 12.1. The summed E-state index contributed by atoms with van der Waals surface area (Å²) in [6.45, 7) is 1.24. The predicted octanol–water partition coefficient (Wildman–Crippen LogP) is 0.569. The third kappa shape index (κ3) is 2.75. The summed E-state index contributed by atoms with van der Waals surface area (Å²) in [6.07, 6.45) is 1.06.